The van der Waals surface area contributed by atoms with Crippen LogP contribution in [0.2, 0.25) is 0 Å². The van der Waals surface area contributed by atoms with Gasteiger partial charge in [-0.05, 0) is 41.4 Å². The van der Waals surface area contributed by atoms with Crippen molar-refractivity contribution in [2.75, 3.05) is 23.7 Å². The van der Waals surface area contributed by atoms with E-state index in [0.717, 1.165) is 29.1 Å². The second-order valence-electron chi connectivity index (χ2n) is 5.08. The number of hydrogen-bond acceptors (Lipinski definition) is 3. The van der Waals surface area contributed by atoms with Gasteiger partial charge in [0.15, 0.2) is 0 Å². The van der Waals surface area contributed by atoms with Crippen molar-refractivity contribution in [1.29, 1.82) is 0 Å². The molecule has 1 aromatic rings. The van der Waals surface area contributed by atoms with Gasteiger partial charge in [-0.1, -0.05) is 13.8 Å². The molecule has 1 aromatic heterocycles. The summed E-state index contributed by atoms with van der Waals surface area (Å²) >= 11 is 5.57. The van der Waals surface area contributed by atoms with Crippen molar-refractivity contribution in [2.24, 2.45) is 0 Å². The van der Waals surface area contributed by atoms with Crippen LogP contribution in [-0.2, 0) is 0 Å². The lowest BCUT2D eigenvalue weighted by Crippen LogP contribution is -2.27. The van der Waals surface area contributed by atoms with Crippen LogP contribution >= 0.6 is 27.7 Å². The molecule has 94 valence electrons. The summed E-state index contributed by atoms with van der Waals surface area (Å²) in [5, 5.41) is 0. The molecule has 0 spiro atoms. The van der Waals surface area contributed by atoms with E-state index in [1.165, 1.54) is 12.2 Å². The van der Waals surface area contributed by atoms with Crippen molar-refractivity contribution < 1.29 is 0 Å². The number of pyridine rings is 1. The summed E-state index contributed by atoms with van der Waals surface area (Å²) in [6, 6.07) is 4.21. The van der Waals surface area contributed by atoms with E-state index < -0.39 is 0 Å². The van der Waals surface area contributed by atoms with E-state index in [0.29, 0.717) is 4.75 Å². The third-order valence-electron chi connectivity index (χ3n) is 3.17. The number of nitrogens with zero attached hydrogens (tertiary/aromatic N) is 2. The molecule has 0 radical (unpaired) electrons. The van der Waals surface area contributed by atoms with Gasteiger partial charge in [-0.2, -0.15) is 11.8 Å². The molecule has 0 saturated carbocycles. The lowest BCUT2D eigenvalue weighted by Gasteiger charge is -2.23. The zero-order valence-electron chi connectivity index (χ0n) is 10.7. The molecule has 4 heteroatoms. The fourth-order valence-electron chi connectivity index (χ4n) is 1.96. The van der Waals surface area contributed by atoms with Crippen LogP contribution in [-0.4, -0.2) is 28.6 Å². The Kier molecular flexibility index (Phi) is 4.03. The monoisotopic (exact) mass is 314 g/mol. The number of hydrogen-bond donors (Lipinski definition) is 0. The maximum Gasteiger partial charge on any atom is 0.128 e. The number of halogens is 1. The summed E-state index contributed by atoms with van der Waals surface area (Å²) in [5.41, 5.74) is 1.07. The number of thioether (sulfide) groups is 1. The molecule has 2 rings (SSSR count). The first-order valence-electron chi connectivity index (χ1n) is 6.00. The largest absolute Gasteiger partial charge is 0.356 e. The van der Waals surface area contributed by atoms with Gasteiger partial charge in [-0.3, -0.25) is 0 Å². The highest BCUT2D eigenvalue weighted by atomic mass is 79.9. The normalized spacial score (nSPS) is 20.1. The lowest BCUT2D eigenvalue weighted by atomic mass is 10.1. The number of aromatic nitrogens is 1. The van der Waals surface area contributed by atoms with Gasteiger partial charge in [0.25, 0.3) is 0 Å². The summed E-state index contributed by atoms with van der Waals surface area (Å²) in [7, 11) is 0. The van der Waals surface area contributed by atoms with Crippen LogP contribution in [0.25, 0.3) is 0 Å². The second kappa shape index (κ2) is 5.19. The van der Waals surface area contributed by atoms with E-state index in [9.17, 15) is 0 Å². The SMILES string of the molecule is Cc1nc(N2CCSC(C)(C)CC2)ccc1Br. The van der Waals surface area contributed by atoms with Gasteiger partial charge >= 0.3 is 0 Å². The van der Waals surface area contributed by atoms with Crippen LogP contribution < -0.4 is 4.90 Å². The van der Waals surface area contributed by atoms with Gasteiger partial charge in [0.2, 0.25) is 0 Å². The van der Waals surface area contributed by atoms with Crippen LogP contribution in [0.3, 0.4) is 0 Å². The van der Waals surface area contributed by atoms with Gasteiger partial charge < -0.3 is 4.90 Å². The third-order valence-corrected chi connectivity index (χ3v) is 5.38. The molecule has 1 aliphatic heterocycles. The molecule has 2 heterocycles. The van der Waals surface area contributed by atoms with Crippen molar-refractivity contribution in [2.45, 2.75) is 31.9 Å². The van der Waals surface area contributed by atoms with Crippen LogP contribution in [0.5, 0.6) is 0 Å². The Morgan fingerprint density at radius 2 is 2.12 bits per heavy atom. The van der Waals surface area contributed by atoms with Gasteiger partial charge in [-0.15, -0.1) is 0 Å². The van der Waals surface area contributed by atoms with Crippen molar-refractivity contribution in [3.8, 4) is 0 Å². The van der Waals surface area contributed by atoms with Gasteiger partial charge in [0, 0.05) is 28.1 Å². The van der Waals surface area contributed by atoms with Crippen LogP contribution in [0.4, 0.5) is 5.82 Å². The van der Waals surface area contributed by atoms with Crippen molar-refractivity contribution >= 4 is 33.5 Å². The van der Waals surface area contributed by atoms with E-state index in [1.807, 2.05) is 6.92 Å². The average molecular weight is 315 g/mol. The van der Waals surface area contributed by atoms with Gasteiger partial charge in [0.05, 0.1) is 5.69 Å². The summed E-state index contributed by atoms with van der Waals surface area (Å²) in [5.74, 6) is 2.30. The highest BCUT2D eigenvalue weighted by Crippen LogP contribution is 2.32. The maximum atomic E-state index is 4.66. The smallest absolute Gasteiger partial charge is 0.128 e. The predicted molar refractivity (Wildman–Crippen MR) is 80.0 cm³/mol. The standard InChI is InChI=1S/C13H19BrN2S/c1-10-11(14)4-5-12(15-10)16-7-6-13(2,3)17-9-8-16/h4-5H,6-9H2,1-3H3. The summed E-state index contributed by atoms with van der Waals surface area (Å²) in [6.07, 6.45) is 1.22. The van der Waals surface area contributed by atoms with Crippen molar-refractivity contribution in [3.05, 3.63) is 22.3 Å². The summed E-state index contributed by atoms with van der Waals surface area (Å²) < 4.78 is 1.49. The Balaban J connectivity index is 2.14. The second-order valence-corrected chi connectivity index (χ2v) is 7.74. The Morgan fingerprint density at radius 1 is 1.35 bits per heavy atom. The summed E-state index contributed by atoms with van der Waals surface area (Å²) in [6.45, 7) is 8.92. The third kappa shape index (κ3) is 3.38. The Bertz CT molecular complexity index is 406. The highest BCUT2D eigenvalue weighted by Gasteiger charge is 2.24. The number of rotatable bonds is 1. The van der Waals surface area contributed by atoms with Crippen LogP contribution in [0.1, 0.15) is 26.0 Å². The lowest BCUT2D eigenvalue weighted by molar-refractivity contribution is 0.635. The van der Waals surface area contributed by atoms with Gasteiger partial charge in [-0.25, -0.2) is 4.98 Å². The first-order valence-corrected chi connectivity index (χ1v) is 7.78. The zero-order chi connectivity index (χ0) is 12.5. The fourth-order valence-corrected chi connectivity index (χ4v) is 3.28. The van der Waals surface area contributed by atoms with Crippen LogP contribution in [0, 0.1) is 6.92 Å². The number of anilines is 1. The Labute approximate surface area is 116 Å². The number of aryl methyl sites for hydroxylation is 1. The molecule has 0 N–H and O–H groups in total. The van der Waals surface area contributed by atoms with E-state index in [-0.39, 0.29) is 0 Å². The van der Waals surface area contributed by atoms with Crippen LogP contribution in [0.15, 0.2) is 16.6 Å². The first kappa shape index (κ1) is 13.2. The Hall–Kier alpha value is -0.220. The minimum atomic E-state index is 0.402. The van der Waals surface area contributed by atoms with E-state index in [4.69, 9.17) is 0 Å². The molecule has 0 unspecified atom stereocenters. The topological polar surface area (TPSA) is 16.1 Å². The van der Waals surface area contributed by atoms with E-state index in [1.54, 1.807) is 0 Å². The first-order chi connectivity index (χ1) is 7.98. The molecule has 1 fully saturated rings. The molecule has 0 aromatic carbocycles. The molecule has 0 aliphatic carbocycles. The van der Waals surface area contributed by atoms with Crippen molar-refractivity contribution in [3.63, 3.8) is 0 Å². The van der Waals surface area contributed by atoms with E-state index >= 15 is 0 Å². The summed E-state index contributed by atoms with van der Waals surface area (Å²) in [4.78, 5) is 7.06. The average Bonchev–Trinajstić information content (AvgIpc) is 2.44. The Morgan fingerprint density at radius 3 is 2.82 bits per heavy atom. The fraction of sp³-hybridized carbons (Fsp3) is 0.615. The molecule has 0 bridgehead atoms. The van der Waals surface area contributed by atoms with Gasteiger partial charge in [0.1, 0.15) is 5.82 Å². The minimum absolute atomic E-state index is 0.402. The molecule has 0 amide bonds. The molecular weight excluding hydrogens is 296 g/mol. The molecule has 1 aliphatic rings. The molecule has 1 saturated heterocycles. The quantitative estimate of drug-likeness (QED) is 0.782. The zero-order valence-corrected chi connectivity index (χ0v) is 13.1. The molecule has 17 heavy (non-hydrogen) atoms. The molecule has 2 nitrogen and oxygen atoms in total. The van der Waals surface area contributed by atoms with Crippen molar-refractivity contribution in [1.82, 2.24) is 4.98 Å². The minimum Gasteiger partial charge on any atom is -0.356 e. The maximum absolute atomic E-state index is 4.66. The highest BCUT2D eigenvalue weighted by molar-refractivity contribution is 9.10. The molecule has 0 atom stereocenters. The van der Waals surface area contributed by atoms with E-state index in [2.05, 4.69) is 63.6 Å². The molecular formula is C13H19BrN2S. The predicted octanol–water partition coefficient (Wildman–Crippen LogP) is 3.87.